The first-order valence-corrected chi connectivity index (χ1v) is 13.7. The summed E-state index contributed by atoms with van der Waals surface area (Å²) in [6.45, 7) is 8.04. The molecule has 1 aliphatic heterocycles. The zero-order chi connectivity index (χ0) is 22.8. The van der Waals surface area contributed by atoms with E-state index < -0.39 is 31.9 Å². The molecule has 0 saturated carbocycles. The highest BCUT2D eigenvalue weighted by atomic mass is 28.4. The van der Waals surface area contributed by atoms with Crippen LogP contribution in [0, 0.1) is 5.92 Å². The second-order valence-electron chi connectivity index (χ2n) is 8.55. The topological polar surface area (TPSA) is 80.3 Å². The number of benzene rings is 1. The third-order valence-electron chi connectivity index (χ3n) is 5.19. The summed E-state index contributed by atoms with van der Waals surface area (Å²) in [5.41, 5.74) is -0.908. The molecule has 0 radical (unpaired) electrons. The highest BCUT2D eigenvalue weighted by Gasteiger charge is 2.60. The molecule has 31 heavy (non-hydrogen) atoms. The van der Waals surface area contributed by atoms with E-state index in [9.17, 15) is 9.59 Å². The van der Waals surface area contributed by atoms with Crippen LogP contribution in [0.25, 0.3) is 5.76 Å². The fraction of sp³-hybridized carbons (Fsp3) is 0.478. The van der Waals surface area contributed by atoms with Gasteiger partial charge in [0.25, 0.3) is 0 Å². The van der Waals surface area contributed by atoms with Gasteiger partial charge in [-0.1, -0.05) is 0 Å². The molecule has 1 heterocycles. The van der Waals surface area contributed by atoms with Crippen molar-refractivity contribution in [1.82, 2.24) is 0 Å². The van der Waals surface area contributed by atoms with Crippen molar-refractivity contribution in [2.45, 2.75) is 44.7 Å². The van der Waals surface area contributed by atoms with Crippen LogP contribution in [0.2, 0.25) is 19.6 Å². The minimum atomic E-state index is -1.98. The SMILES string of the molecule is CCOC(=O)[C@]12CC(O[Si](C)(C)C)=C[C@@H](OC)[C@H]1C(=O)C=C(c1ccc(OC)cc1)O2. The van der Waals surface area contributed by atoms with Crippen molar-refractivity contribution >= 4 is 25.8 Å². The molecule has 0 unspecified atom stereocenters. The van der Waals surface area contributed by atoms with Crippen LogP contribution in [-0.2, 0) is 28.2 Å². The summed E-state index contributed by atoms with van der Waals surface area (Å²) in [5.74, 6) is -0.150. The van der Waals surface area contributed by atoms with Gasteiger partial charge in [0.15, 0.2) is 5.78 Å². The third-order valence-corrected chi connectivity index (χ3v) is 6.07. The molecule has 0 saturated heterocycles. The number of carbonyl (C=O) groups excluding carboxylic acids is 2. The van der Waals surface area contributed by atoms with Crippen molar-refractivity contribution in [3.05, 3.63) is 47.7 Å². The van der Waals surface area contributed by atoms with E-state index in [4.69, 9.17) is 23.4 Å². The zero-order valence-electron chi connectivity index (χ0n) is 18.9. The number of ketones is 1. The van der Waals surface area contributed by atoms with E-state index in [1.54, 1.807) is 44.4 Å². The summed E-state index contributed by atoms with van der Waals surface area (Å²) in [6, 6.07) is 7.10. The Kier molecular flexibility index (Phi) is 6.61. The molecule has 3 rings (SSSR count). The highest BCUT2D eigenvalue weighted by Crippen LogP contribution is 2.46. The van der Waals surface area contributed by atoms with Crippen LogP contribution in [0.4, 0.5) is 0 Å². The lowest BCUT2D eigenvalue weighted by molar-refractivity contribution is -0.181. The van der Waals surface area contributed by atoms with E-state index in [1.165, 1.54) is 13.2 Å². The lowest BCUT2D eigenvalue weighted by Crippen LogP contribution is -2.60. The number of ether oxygens (including phenoxy) is 4. The maximum atomic E-state index is 13.3. The van der Waals surface area contributed by atoms with Crippen molar-refractivity contribution in [2.75, 3.05) is 20.8 Å². The van der Waals surface area contributed by atoms with Gasteiger partial charge in [0.2, 0.25) is 13.9 Å². The lowest BCUT2D eigenvalue weighted by atomic mass is 9.72. The summed E-state index contributed by atoms with van der Waals surface area (Å²) in [5, 5.41) is 0. The number of rotatable bonds is 7. The molecule has 0 aromatic heterocycles. The lowest BCUT2D eigenvalue weighted by Gasteiger charge is -2.46. The van der Waals surface area contributed by atoms with Gasteiger partial charge in [0, 0.05) is 18.7 Å². The van der Waals surface area contributed by atoms with Crippen LogP contribution >= 0.6 is 0 Å². The van der Waals surface area contributed by atoms with Crippen LogP contribution in [-0.4, -0.2) is 52.6 Å². The van der Waals surface area contributed by atoms with Gasteiger partial charge < -0.3 is 23.4 Å². The monoisotopic (exact) mass is 446 g/mol. The molecule has 1 aromatic carbocycles. The summed E-state index contributed by atoms with van der Waals surface area (Å²) < 4.78 is 28.7. The number of hydrogen-bond acceptors (Lipinski definition) is 7. The van der Waals surface area contributed by atoms with Gasteiger partial charge in [-0.25, -0.2) is 4.79 Å². The Morgan fingerprint density at radius 2 is 1.87 bits per heavy atom. The predicted octanol–water partition coefficient (Wildman–Crippen LogP) is 3.71. The second-order valence-corrected chi connectivity index (χ2v) is 13.0. The molecule has 0 amide bonds. The molecule has 0 fully saturated rings. The van der Waals surface area contributed by atoms with E-state index in [0.29, 0.717) is 22.8 Å². The molecule has 1 aliphatic carbocycles. The first-order chi connectivity index (χ1) is 14.6. The maximum absolute atomic E-state index is 13.3. The molecule has 2 aliphatic rings. The standard InChI is InChI=1S/C23H30O7Si/c1-7-28-22(25)23-14-17(30-31(4,5)6)12-20(27-3)21(23)18(24)13-19(29-23)15-8-10-16(26-2)11-9-15/h8-13,20-21H,7,14H2,1-6H3/t20-,21-,23+/m1/s1. The van der Waals surface area contributed by atoms with Crippen molar-refractivity contribution < 1.29 is 33.0 Å². The Hall–Kier alpha value is -2.58. The maximum Gasteiger partial charge on any atom is 0.351 e. The Balaban J connectivity index is 2.08. The molecule has 0 spiro atoms. The molecule has 3 atom stereocenters. The van der Waals surface area contributed by atoms with Gasteiger partial charge in [-0.15, -0.1) is 0 Å². The summed E-state index contributed by atoms with van der Waals surface area (Å²) in [6.07, 6.45) is 2.63. The van der Waals surface area contributed by atoms with Gasteiger partial charge in [0.1, 0.15) is 17.4 Å². The van der Waals surface area contributed by atoms with E-state index >= 15 is 0 Å². The van der Waals surface area contributed by atoms with Crippen molar-refractivity contribution in [1.29, 1.82) is 0 Å². The Bertz CT molecular complexity index is 897. The highest BCUT2D eigenvalue weighted by molar-refractivity contribution is 6.70. The van der Waals surface area contributed by atoms with E-state index in [0.717, 1.165) is 0 Å². The number of fused-ring (bicyclic) bond motifs is 1. The first-order valence-electron chi connectivity index (χ1n) is 10.3. The third kappa shape index (κ3) is 4.70. The number of methoxy groups -OCH3 is 2. The molecular formula is C23H30O7Si. The first kappa shape index (κ1) is 23.1. The Labute approximate surface area is 184 Å². The average molecular weight is 447 g/mol. The van der Waals surface area contributed by atoms with Crippen molar-refractivity contribution in [3.8, 4) is 5.75 Å². The number of carbonyl (C=O) groups is 2. The number of allylic oxidation sites excluding steroid dienone is 1. The van der Waals surface area contributed by atoms with Gasteiger partial charge in [-0.3, -0.25) is 4.79 Å². The second kappa shape index (κ2) is 8.88. The minimum absolute atomic E-state index is 0.0971. The van der Waals surface area contributed by atoms with Gasteiger partial charge in [-0.05, 0) is 56.9 Å². The zero-order valence-corrected chi connectivity index (χ0v) is 19.9. The number of esters is 1. The van der Waals surface area contributed by atoms with Crippen molar-refractivity contribution in [3.63, 3.8) is 0 Å². The summed E-state index contributed by atoms with van der Waals surface area (Å²) in [7, 11) is 1.10. The molecule has 0 N–H and O–H groups in total. The summed E-state index contributed by atoms with van der Waals surface area (Å²) >= 11 is 0. The molecule has 168 valence electrons. The smallest absolute Gasteiger partial charge is 0.351 e. The largest absolute Gasteiger partial charge is 0.547 e. The molecule has 1 aromatic rings. The van der Waals surface area contributed by atoms with Gasteiger partial charge in [0.05, 0.1) is 32.0 Å². The fourth-order valence-corrected chi connectivity index (χ4v) is 4.89. The quantitative estimate of drug-likeness (QED) is 0.467. The predicted molar refractivity (Wildman–Crippen MR) is 118 cm³/mol. The van der Waals surface area contributed by atoms with Crippen LogP contribution in [0.1, 0.15) is 18.9 Å². The molecule has 7 nitrogen and oxygen atoms in total. The molecule has 8 heteroatoms. The average Bonchev–Trinajstić information content (AvgIpc) is 2.71. The molecule has 0 bridgehead atoms. The van der Waals surface area contributed by atoms with Crippen LogP contribution in [0.3, 0.4) is 0 Å². The Morgan fingerprint density at radius 3 is 2.42 bits per heavy atom. The Morgan fingerprint density at radius 1 is 1.19 bits per heavy atom. The summed E-state index contributed by atoms with van der Waals surface area (Å²) in [4.78, 5) is 26.6. The van der Waals surface area contributed by atoms with Gasteiger partial charge in [-0.2, -0.15) is 0 Å². The van der Waals surface area contributed by atoms with Crippen LogP contribution < -0.4 is 4.74 Å². The van der Waals surface area contributed by atoms with E-state index in [1.807, 2.05) is 19.6 Å². The van der Waals surface area contributed by atoms with E-state index in [-0.39, 0.29) is 18.8 Å². The van der Waals surface area contributed by atoms with Crippen molar-refractivity contribution in [2.24, 2.45) is 5.92 Å². The number of hydrogen-bond donors (Lipinski definition) is 0. The minimum Gasteiger partial charge on any atom is -0.547 e. The normalized spacial score (nSPS) is 25.5. The molecular weight excluding hydrogens is 416 g/mol. The van der Waals surface area contributed by atoms with Crippen LogP contribution in [0.5, 0.6) is 5.75 Å². The fourth-order valence-electron chi connectivity index (χ4n) is 3.97. The van der Waals surface area contributed by atoms with E-state index in [2.05, 4.69) is 0 Å². The van der Waals surface area contributed by atoms with Gasteiger partial charge >= 0.3 is 5.97 Å². The van der Waals surface area contributed by atoms with Crippen LogP contribution in [0.15, 0.2) is 42.2 Å².